The number of aliphatic carboxylic acids is 1. The van der Waals surface area contributed by atoms with Gasteiger partial charge in [-0.1, -0.05) is 86.7 Å². The molecule has 2 N–H and O–H groups in total. The monoisotopic (exact) mass is 629 g/mol. The molecule has 44 heavy (non-hydrogen) atoms. The first-order valence-electron chi connectivity index (χ1n) is 15.2. The van der Waals surface area contributed by atoms with E-state index < -0.39 is 33.0 Å². The third-order valence-corrected chi connectivity index (χ3v) is 11.4. The molecule has 0 spiro atoms. The standard InChI is InChI=1S/C35H43NO5S2.Li.H/c1-25-11-9-10-16-30(25)32-24-27(18-20-31(32)34(37)36-33(35(38)39)21-22-42-2)23-29(19-17-26-12-5-3-6-13-26)43(40,41)28-14-7-4-8-15-28;;/h4,7-11,14-16,18,20,24,26,29,33H,3,5-6,12-13,17,19,21-23H2,1-2H3,(H,36,37)(H,38,39);;. The molecule has 0 aromatic heterocycles. The van der Waals surface area contributed by atoms with E-state index >= 15 is 0 Å². The Kier molecular flexibility index (Phi) is 14.1. The van der Waals surface area contributed by atoms with Gasteiger partial charge in [-0.05, 0) is 91.0 Å². The van der Waals surface area contributed by atoms with Gasteiger partial charge in [0.2, 0.25) is 0 Å². The van der Waals surface area contributed by atoms with E-state index in [0.717, 1.165) is 36.0 Å². The van der Waals surface area contributed by atoms with Crippen molar-refractivity contribution in [3.8, 4) is 11.1 Å². The predicted molar refractivity (Wildman–Crippen MR) is 183 cm³/mol. The SMILES string of the molecule is CSCCC(NC(=O)c1ccc(CC(CCC2CCCCC2)S(=O)(=O)c2ccccc2)cc1-c1ccccc1C)C(=O)O.[LiH]. The van der Waals surface area contributed by atoms with Gasteiger partial charge in [-0.2, -0.15) is 11.8 Å². The molecule has 0 bridgehead atoms. The number of carboxylic acid groups (broad SMARTS) is 1. The van der Waals surface area contributed by atoms with Crippen LogP contribution in [0.3, 0.4) is 0 Å². The fourth-order valence-electron chi connectivity index (χ4n) is 6.07. The summed E-state index contributed by atoms with van der Waals surface area (Å²) >= 11 is 1.53. The van der Waals surface area contributed by atoms with Crippen molar-refractivity contribution in [3.05, 3.63) is 89.5 Å². The van der Waals surface area contributed by atoms with Crippen molar-refractivity contribution in [1.82, 2.24) is 5.32 Å². The van der Waals surface area contributed by atoms with E-state index in [9.17, 15) is 23.1 Å². The summed E-state index contributed by atoms with van der Waals surface area (Å²) in [6.45, 7) is 1.97. The van der Waals surface area contributed by atoms with Crippen molar-refractivity contribution in [2.45, 2.75) is 80.9 Å². The van der Waals surface area contributed by atoms with E-state index in [1.54, 1.807) is 30.3 Å². The molecule has 0 aliphatic heterocycles. The molecule has 1 amide bonds. The van der Waals surface area contributed by atoms with Crippen LogP contribution in [0.4, 0.5) is 0 Å². The summed E-state index contributed by atoms with van der Waals surface area (Å²) in [5.74, 6) is -0.351. The van der Waals surface area contributed by atoms with Gasteiger partial charge in [0.15, 0.2) is 9.84 Å². The minimum atomic E-state index is -3.59. The van der Waals surface area contributed by atoms with Crippen LogP contribution in [-0.2, 0) is 21.1 Å². The summed E-state index contributed by atoms with van der Waals surface area (Å²) in [6, 6.07) is 20.9. The van der Waals surface area contributed by atoms with Crippen LogP contribution in [0.5, 0.6) is 0 Å². The minimum absolute atomic E-state index is 0. The van der Waals surface area contributed by atoms with Crippen LogP contribution < -0.4 is 5.32 Å². The average Bonchev–Trinajstić information content (AvgIpc) is 3.02. The maximum absolute atomic E-state index is 13.9. The van der Waals surface area contributed by atoms with Gasteiger partial charge in [0.25, 0.3) is 5.91 Å². The number of amides is 1. The summed E-state index contributed by atoms with van der Waals surface area (Å²) < 4.78 is 27.9. The number of nitrogens with one attached hydrogen (secondary N) is 1. The zero-order chi connectivity index (χ0) is 30.8. The fourth-order valence-corrected chi connectivity index (χ4v) is 8.32. The van der Waals surface area contributed by atoms with Gasteiger partial charge in [0, 0.05) is 5.56 Å². The second kappa shape index (κ2) is 17.3. The first-order valence-corrected chi connectivity index (χ1v) is 18.1. The van der Waals surface area contributed by atoms with Crippen molar-refractivity contribution >= 4 is 52.3 Å². The van der Waals surface area contributed by atoms with Crippen LogP contribution in [0.15, 0.2) is 77.7 Å². The van der Waals surface area contributed by atoms with E-state index in [1.165, 1.54) is 31.0 Å². The second-order valence-electron chi connectivity index (χ2n) is 11.6. The summed E-state index contributed by atoms with van der Waals surface area (Å²) in [4.78, 5) is 25.7. The molecule has 6 nitrogen and oxygen atoms in total. The summed E-state index contributed by atoms with van der Waals surface area (Å²) in [5, 5.41) is 11.8. The number of carboxylic acids is 1. The van der Waals surface area contributed by atoms with Crippen LogP contribution in [0.1, 0.15) is 72.9 Å². The van der Waals surface area contributed by atoms with Crippen LogP contribution in [-0.4, -0.2) is 67.6 Å². The van der Waals surface area contributed by atoms with Crippen molar-refractivity contribution < 1.29 is 23.1 Å². The first-order chi connectivity index (χ1) is 20.7. The topological polar surface area (TPSA) is 101 Å². The molecule has 1 fully saturated rings. The Morgan fingerprint density at radius 1 is 0.932 bits per heavy atom. The molecule has 1 saturated carbocycles. The van der Waals surface area contributed by atoms with Gasteiger partial charge in [-0.15, -0.1) is 0 Å². The summed E-state index contributed by atoms with van der Waals surface area (Å²) in [6.07, 6.45) is 10.0. The van der Waals surface area contributed by atoms with E-state index in [-0.39, 0.29) is 18.9 Å². The molecule has 0 heterocycles. The molecule has 232 valence electrons. The Bertz CT molecular complexity index is 1490. The molecule has 1 aliphatic rings. The Hall–Kier alpha value is -2.50. The van der Waals surface area contributed by atoms with Crippen LogP contribution >= 0.6 is 11.8 Å². The van der Waals surface area contributed by atoms with Crippen molar-refractivity contribution in [3.63, 3.8) is 0 Å². The molecule has 4 rings (SSSR count). The van der Waals surface area contributed by atoms with Gasteiger partial charge >= 0.3 is 24.8 Å². The third-order valence-electron chi connectivity index (χ3n) is 8.57. The molecule has 0 saturated heterocycles. The van der Waals surface area contributed by atoms with E-state index in [0.29, 0.717) is 47.0 Å². The van der Waals surface area contributed by atoms with Gasteiger partial charge in [-0.25, -0.2) is 13.2 Å². The molecule has 3 aromatic rings. The van der Waals surface area contributed by atoms with Crippen molar-refractivity contribution in [2.24, 2.45) is 5.92 Å². The third kappa shape index (κ3) is 9.50. The Labute approximate surface area is 278 Å². The summed E-state index contributed by atoms with van der Waals surface area (Å²) in [7, 11) is -3.59. The number of carbonyl (C=O) groups excluding carboxylic acids is 1. The number of aryl methyl sites for hydroxylation is 1. The molecule has 9 heteroatoms. The molecule has 3 aromatic carbocycles. The van der Waals surface area contributed by atoms with E-state index in [2.05, 4.69) is 5.32 Å². The number of sulfone groups is 1. The number of benzene rings is 3. The van der Waals surface area contributed by atoms with Gasteiger partial charge < -0.3 is 10.4 Å². The van der Waals surface area contributed by atoms with E-state index in [4.69, 9.17) is 0 Å². The second-order valence-corrected chi connectivity index (χ2v) is 14.8. The Morgan fingerprint density at radius 2 is 1.61 bits per heavy atom. The van der Waals surface area contributed by atoms with Crippen molar-refractivity contribution in [1.29, 1.82) is 0 Å². The fraction of sp³-hybridized carbons (Fsp3) is 0.429. The average molecular weight is 630 g/mol. The Balaban J connectivity index is 0.00000529. The quantitative estimate of drug-likeness (QED) is 0.193. The number of rotatable bonds is 14. The molecule has 2 atom stereocenters. The Morgan fingerprint density at radius 3 is 2.27 bits per heavy atom. The molecular weight excluding hydrogens is 585 g/mol. The molecule has 0 radical (unpaired) electrons. The number of thioether (sulfide) groups is 1. The molecule has 2 unspecified atom stereocenters. The number of carbonyl (C=O) groups is 2. The normalized spacial score (nSPS) is 15.1. The number of hydrogen-bond donors (Lipinski definition) is 2. The molecule has 1 aliphatic carbocycles. The number of hydrogen-bond acceptors (Lipinski definition) is 5. The zero-order valence-electron chi connectivity index (χ0n) is 25.1. The van der Waals surface area contributed by atoms with Crippen LogP contribution in [0, 0.1) is 12.8 Å². The summed E-state index contributed by atoms with van der Waals surface area (Å²) in [5.41, 5.74) is 3.70. The van der Waals surface area contributed by atoms with Crippen LogP contribution in [0.2, 0.25) is 0 Å². The maximum atomic E-state index is 13.9. The van der Waals surface area contributed by atoms with E-state index in [1.807, 2.05) is 55.6 Å². The van der Waals surface area contributed by atoms with Gasteiger partial charge in [-0.3, -0.25) is 4.79 Å². The van der Waals surface area contributed by atoms with Crippen LogP contribution in [0.25, 0.3) is 11.1 Å². The van der Waals surface area contributed by atoms with Gasteiger partial charge in [0.1, 0.15) is 6.04 Å². The predicted octanol–water partition coefficient (Wildman–Crippen LogP) is 6.70. The molecular formula is C35H44LiNO5S2. The van der Waals surface area contributed by atoms with Gasteiger partial charge in [0.05, 0.1) is 10.1 Å². The van der Waals surface area contributed by atoms with Crippen molar-refractivity contribution in [2.75, 3.05) is 12.0 Å². The zero-order valence-corrected chi connectivity index (χ0v) is 26.8. The first kappa shape index (κ1) is 36.0.